The average Bonchev–Trinajstić information content (AvgIpc) is 3.74. The van der Waals surface area contributed by atoms with Crippen LogP contribution in [0.15, 0.2) is 158 Å². The second-order valence-corrected chi connectivity index (χ2v) is 25.8. The number of nitrogens with zero attached hydrogens (tertiary/aromatic N) is 1. The first-order chi connectivity index (χ1) is 45.6. The number of unbranched alkanes of at least 4 members (excludes halogenated alkanes) is 27. The van der Waals surface area contributed by atoms with Crippen LogP contribution in [0.5, 0.6) is 0 Å². The number of carboxylic acids is 1. The van der Waals surface area contributed by atoms with Crippen molar-refractivity contribution in [2.45, 2.75) is 309 Å². The van der Waals surface area contributed by atoms with Gasteiger partial charge in [0.05, 0.1) is 34.4 Å². The number of hydrogen-bond donors (Lipinski definition) is 1. The van der Waals surface area contributed by atoms with Gasteiger partial charge in [0, 0.05) is 12.8 Å². The summed E-state index contributed by atoms with van der Waals surface area (Å²) >= 11 is 0. The Kier molecular flexibility index (Phi) is 68.8. The fraction of sp³-hybridized carbons (Fsp3) is 0.655. The fourth-order valence-electron chi connectivity index (χ4n) is 10.1. The Hall–Kier alpha value is -5.09. The number of aliphatic carboxylic acids is 1. The Morgan fingerprint density at radius 2 is 0.581 bits per heavy atom. The van der Waals surface area contributed by atoms with Crippen LogP contribution in [0.2, 0.25) is 0 Å². The van der Waals surface area contributed by atoms with E-state index < -0.39 is 24.3 Å². The van der Waals surface area contributed by atoms with E-state index in [4.69, 9.17) is 18.9 Å². The Morgan fingerprint density at radius 3 is 0.860 bits per heavy atom. The summed E-state index contributed by atoms with van der Waals surface area (Å²) in [5, 5.41) is 9.77. The minimum Gasteiger partial charge on any atom is -0.477 e. The molecule has 0 aromatic rings. The average molecular weight is 1290 g/mol. The van der Waals surface area contributed by atoms with E-state index in [0.29, 0.717) is 23.9 Å². The smallest absolute Gasteiger partial charge is 0.361 e. The summed E-state index contributed by atoms with van der Waals surface area (Å²) in [7, 11) is 5.98. The van der Waals surface area contributed by atoms with Crippen LogP contribution < -0.4 is 0 Å². The standard InChI is InChI=1S/C84H139NO8/c1-6-8-10-12-14-16-18-20-22-24-26-28-30-32-34-36-38-40-41-43-44-46-48-50-52-54-56-58-60-62-64-66-68-70-72-74-81(86)91-78-80(79-92-84(83(88)89)90-77-76-85(3,4)5)93-82(87)75-73-71-69-67-65-63-61-59-57-55-53-51-49-47-45-42-39-37-35-33-31-29-27-25-23-21-19-17-15-13-11-9-7-2/h8-11,14-17,20-23,26-29,32-35,38-40,42,47,49,80,84H,6-7,12-13,18-19,24-25,30-31,36-37,41,43-46,48,50-79H2,1-5H3/p+1/b10-8-,11-9-,16-14-,17-15-,22-20-,23-21-,28-26-,29-27-,34-32-,35-33-,40-38-,42-39-,49-47-. The van der Waals surface area contributed by atoms with Gasteiger partial charge in [0.25, 0.3) is 6.29 Å². The van der Waals surface area contributed by atoms with Crippen molar-refractivity contribution in [1.82, 2.24) is 0 Å². The number of allylic oxidation sites excluding steroid dienone is 26. The zero-order chi connectivity index (χ0) is 67.5. The van der Waals surface area contributed by atoms with Gasteiger partial charge in [-0.25, -0.2) is 4.79 Å². The van der Waals surface area contributed by atoms with Crippen molar-refractivity contribution in [2.75, 3.05) is 47.5 Å². The highest BCUT2D eigenvalue weighted by Crippen LogP contribution is 2.17. The van der Waals surface area contributed by atoms with E-state index in [2.05, 4.69) is 172 Å². The van der Waals surface area contributed by atoms with Crippen LogP contribution in [0.25, 0.3) is 0 Å². The maximum atomic E-state index is 13.0. The summed E-state index contributed by atoms with van der Waals surface area (Å²) in [4.78, 5) is 37.7. The first kappa shape index (κ1) is 87.9. The van der Waals surface area contributed by atoms with Crippen LogP contribution in [0, 0.1) is 0 Å². The lowest BCUT2D eigenvalue weighted by Gasteiger charge is -2.25. The second kappa shape index (κ2) is 72.7. The highest BCUT2D eigenvalue weighted by molar-refractivity contribution is 5.71. The minimum absolute atomic E-state index is 0.181. The van der Waals surface area contributed by atoms with E-state index in [9.17, 15) is 19.5 Å². The third kappa shape index (κ3) is 74.2. The molecular weight excluding hydrogens is 1150 g/mol. The van der Waals surface area contributed by atoms with E-state index in [1.54, 1.807) is 0 Å². The molecule has 0 aromatic heterocycles. The number of carboxylic acid groups (broad SMARTS) is 1. The maximum Gasteiger partial charge on any atom is 0.361 e. The predicted octanol–water partition coefficient (Wildman–Crippen LogP) is 24.0. The topological polar surface area (TPSA) is 108 Å². The molecule has 0 radical (unpaired) electrons. The first-order valence-electron chi connectivity index (χ1n) is 37.6. The van der Waals surface area contributed by atoms with Gasteiger partial charge in [-0.1, -0.05) is 320 Å². The highest BCUT2D eigenvalue weighted by Gasteiger charge is 2.25. The monoisotopic (exact) mass is 1290 g/mol. The molecule has 0 spiro atoms. The quantitative estimate of drug-likeness (QED) is 0.0211. The molecule has 9 heteroatoms. The molecule has 2 unspecified atom stereocenters. The van der Waals surface area contributed by atoms with Crippen LogP contribution >= 0.6 is 0 Å². The molecule has 0 heterocycles. The maximum absolute atomic E-state index is 13.0. The third-order valence-electron chi connectivity index (χ3n) is 15.8. The van der Waals surface area contributed by atoms with Crippen LogP contribution in [0.1, 0.15) is 296 Å². The van der Waals surface area contributed by atoms with Gasteiger partial charge >= 0.3 is 17.9 Å². The largest absolute Gasteiger partial charge is 0.477 e. The molecule has 0 amide bonds. The van der Waals surface area contributed by atoms with Gasteiger partial charge in [0.2, 0.25) is 0 Å². The normalized spacial score (nSPS) is 13.6. The minimum atomic E-state index is -1.52. The molecule has 2 atom stereocenters. The number of likely N-dealkylation sites (N-methyl/N-ethyl adjacent to an activating group) is 1. The van der Waals surface area contributed by atoms with Crippen molar-refractivity contribution in [3.8, 4) is 0 Å². The summed E-state index contributed by atoms with van der Waals surface area (Å²) in [5.41, 5.74) is 0. The molecule has 9 nitrogen and oxygen atoms in total. The number of ether oxygens (including phenoxy) is 4. The molecule has 0 aromatic carbocycles. The Morgan fingerprint density at radius 1 is 0.323 bits per heavy atom. The van der Waals surface area contributed by atoms with Crippen molar-refractivity contribution in [3.05, 3.63) is 158 Å². The van der Waals surface area contributed by atoms with Gasteiger partial charge in [-0.15, -0.1) is 0 Å². The van der Waals surface area contributed by atoms with E-state index in [1.165, 1.54) is 135 Å². The van der Waals surface area contributed by atoms with Crippen LogP contribution in [0.3, 0.4) is 0 Å². The lowest BCUT2D eigenvalue weighted by atomic mass is 10.0. The SMILES string of the molecule is CC/C=C\C/C=C\C/C=C\C/C=C\C/C=C\C/C=C\C/C=C\CCCCCCCCCCCCCC(=O)OC(COC(=O)CCCCCCCCCCCCCCCCCC/C=C\C/C=C\C/C=C\C/C=C\C/C=C\C/C=C\CC)COC(OCC[N+](C)(C)C)C(=O)O. The zero-order valence-electron chi connectivity index (χ0n) is 60.4. The van der Waals surface area contributed by atoms with E-state index in [0.717, 1.165) is 128 Å². The van der Waals surface area contributed by atoms with Crippen LogP contribution in [0.4, 0.5) is 0 Å². The summed E-state index contributed by atoms with van der Waals surface area (Å²) in [5.74, 6) is -2.01. The van der Waals surface area contributed by atoms with Crippen LogP contribution in [-0.2, 0) is 33.3 Å². The Labute approximate surface area is 572 Å². The first-order valence-corrected chi connectivity index (χ1v) is 37.6. The van der Waals surface area contributed by atoms with Gasteiger partial charge < -0.3 is 28.5 Å². The lowest BCUT2D eigenvalue weighted by molar-refractivity contribution is -0.870. The van der Waals surface area contributed by atoms with Crippen LogP contribution in [-0.4, -0.2) is 87.4 Å². The molecule has 528 valence electrons. The van der Waals surface area contributed by atoms with Crippen molar-refractivity contribution >= 4 is 17.9 Å². The zero-order valence-corrected chi connectivity index (χ0v) is 60.4. The summed E-state index contributed by atoms with van der Waals surface area (Å²) in [6, 6.07) is 0. The number of rotatable bonds is 68. The molecule has 0 aliphatic heterocycles. The number of carbonyl (C=O) groups excluding carboxylic acids is 2. The summed E-state index contributed by atoms with van der Waals surface area (Å²) in [6.07, 6.45) is 105. The van der Waals surface area contributed by atoms with E-state index in [1.807, 2.05) is 21.1 Å². The Bertz CT molecular complexity index is 2090. The molecule has 0 fully saturated rings. The van der Waals surface area contributed by atoms with E-state index >= 15 is 0 Å². The number of carbonyl (C=O) groups is 3. The van der Waals surface area contributed by atoms with Crippen molar-refractivity contribution < 1.29 is 42.9 Å². The molecule has 1 N–H and O–H groups in total. The molecular formula is C84H140NO8+. The molecule has 0 bridgehead atoms. The molecule has 0 saturated carbocycles. The number of hydrogen-bond acceptors (Lipinski definition) is 7. The fourth-order valence-corrected chi connectivity index (χ4v) is 10.1. The van der Waals surface area contributed by atoms with Gasteiger partial charge in [0.1, 0.15) is 13.2 Å². The third-order valence-corrected chi connectivity index (χ3v) is 15.8. The van der Waals surface area contributed by atoms with Gasteiger partial charge in [-0.3, -0.25) is 9.59 Å². The highest BCUT2D eigenvalue weighted by atomic mass is 16.7. The molecule has 0 saturated heterocycles. The molecule has 93 heavy (non-hydrogen) atoms. The lowest BCUT2D eigenvalue weighted by Crippen LogP contribution is -2.40. The van der Waals surface area contributed by atoms with Crippen molar-refractivity contribution in [2.24, 2.45) is 0 Å². The molecule has 0 aliphatic carbocycles. The van der Waals surface area contributed by atoms with Gasteiger partial charge in [0.15, 0.2) is 6.10 Å². The molecule has 0 rings (SSSR count). The van der Waals surface area contributed by atoms with Crippen molar-refractivity contribution in [1.29, 1.82) is 0 Å². The number of quaternary nitrogens is 1. The second-order valence-electron chi connectivity index (χ2n) is 25.8. The van der Waals surface area contributed by atoms with Crippen molar-refractivity contribution in [3.63, 3.8) is 0 Å². The predicted molar refractivity (Wildman–Crippen MR) is 400 cm³/mol. The molecule has 0 aliphatic rings. The Balaban J connectivity index is 4.11. The van der Waals surface area contributed by atoms with Gasteiger partial charge in [-0.05, 0) is 122 Å². The summed E-state index contributed by atoms with van der Waals surface area (Å²) < 4.78 is 23.0. The van der Waals surface area contributed by atoms with Gasteiger partial charge in [-0.2, -0.15) is 0 Å². The van der Waals surface area contributed by atoms with E-state index in [-0.39, 0.29) is 32.2 Å². The number of esters is 2. The summed E-state index contributed by atoms with van der Waals surface area (Å²) in [6.45, 7) is 4.65.